The molecule has 1 atom stereocenters. The average Bonchev–Trinajstić information content (AvgIpc) is 3.34. The van der Waals surface area contributed by atoms with E-state index in [1.54, 1.807) is 18.2 Å². The van der Waals surface area contributed by atoms with E-state index in [0.29, 0.717) is 12.1 Å². The maximum absolute atomic E-state index is 13.0. The summed E-state index contributed by atoms with van der Waals surface area (Å²) in [7, 11) is 0. The number of carboxylic acid groups (broad SMARTS) is 1. The van der Waals surface area contributed by atoms with Crippen LogP contribution in [0.15, 0.2) is 109 Å². The first-order valence-corrected chi connectivity index (χ1v) is 12.4. The summed E-state index contributed by atoms with van der Waals surface area (Å²) in [5, 5.41) is 13.6. The van der Waals surface area contributed by atoms with Gasteiger partial charge in [0, 0.05) is 29.2 Å². The van der Waals surface area contributed by atoms with E-state index in [0.717, 1.165) is 39.6 Å². The van der Waals surface area contributed by atoms with Crippen LogP contribution in [-0.4, -0.2) is 21.6 Å². The second-order valence-corrected chi connectivity index (χ2v) is 9.11. The van der Waals surface area contributed by atoms with Gasteiger partial charge in [-0.15, -0.1) is 0 Å². The van der Waals surface area contributed by atoms with Crippen molar-refractivity contribution in [1.29, 1.82) is 0 Å². The Balaban J connectivity index is 1.39. The monoisotopic (exact) mass is 488 g/mol. The Bertz CT molecular complexity index is 1570. The van der Waals surface area contributed by atoms with Crippen molar-refractivity contribution in [1.82, 2.24) is 9.88 Å². The van der Waals surface area contributed by atoms with Gasteiger partial charge in [0.05, 0.1) is 11.6 Å². The second kappa shape index (κ2) is 10.5. The molecule has 0 bridgehead atoms. The van der Waals surface area contributed by atoms with Gasteiger partial charge in [0.25, 0.3) is 5.91 Å². The van der Waals surface area contributed by atoms with Gasteiger partial charge >= 0.3 is 5.97 Å². The summed E-state index contributed by atoms with van der Waals surface area (Å²) in [4.78, 5) is 24.5. The lowest BCUT2D eigenvalue weighted by atomic mass is 9.98. The molecule has 0 aliphatic rings. The molecule has 5 aromatic rings. The van der Waals surface area contributed by atoms with Crippen LogP contribution in [0.1, 0.15) is 51.2 Å². The summed E-state index contributed by atoms with van der Waals surface area (Å²) in [5.41, 5.74) is 5.97. The van der Waals surface area contributed by atoms with Gasteiger partial charge in [-0.2, -0.15) is 0 Å². The zero-order chi connectivity index (χ0) is 25.8. The maximum Gasteiger partial charge on any atom is 0.335 e. The number of aromatic nitrogens is 1. The first-order valence-electron chi connectivity index (χ1n) is 12.4. The number of carbonyl (C=O) groups excluding carboxylic acids is 1. The fraction of sp³-hybridized carbons (Fsp3) is 0.125. The van der Waals surface area contributed by atoms with E-state index >= 15 is 0 Å². The number of amides is 1. The third kappa shape index (κ3) is 5.16. The lowest BCUT2D eigenvalue weighted by Gasteiger charge is -2.17. The normalized spacial score (nSPS) is 11.8. The molecule has 5 heteroatoms. The Kier molecular flexibility index (Phi) is 6.86. The van der Waals surface area contributed by atoms with Gasteiger partial charge in [0.1, 0.15) is 0 Å². The molecule has 0 saturated heterocycles. The summed E-state index contributed by atoms with van der Waals surface area (Å²) in [6, 6.07) is 32.8. The summed E-state index contributed by atoms with van der Waals surface area (Å²) in [6.45, 7) is 2.69. The molecular weight excluding hydrogens is 460 g/mol. The van der Waals surface area contributed by atoms with E-state index in [4.69, 9.17) is 0 Å². The van der Waals surface area contributed by atoms with Gasteiger partial charge in [-0.25, -0.2) is 4.79 Å². The number of carbonyl (C=O) groups is 2. The predicted molar refractivity (Wildman–Crippen MR) is 147 cm³/mol. The van der Waals surface area contributed by atoms with Crippen LogP contribution in [0, 0.1) is 0 Å². The molecule has 5 nitrogen and oxygen atoms in total. The number of benzene rings is 4. The third-order valence-electron chi connectivity index (χ3n) is 6.73. The Morgan fingerprint density at radius 3 is 2.41 bits per heavy atom. The van der Waals surface area contributed by atoms with E-state index < -0.39 is 5.97 Å². The van der Waals surface area contributed by atoms with Crippen LogP contribution in [-0.2, 0) is 6.54 Å². The topological polar surface area (TPSA) is 71.3 Å². The smallest absolute Gasteiger partial charge is 0.335 e. The highest BCUT2D eigenvalue weighted by molar-refractivity contribution is 5.98. The molecule has 4 aromatic carbocycles. The highest BCUT2D eigenvalue weighted by Crippen LogP contribution is 2.27. The van der Waals surface area contributed by atoms with E-state index in [1.807, 2.05) is 85.1 Å². The van der Waals surface area contributed by atoms with Crippen LogP contribution in [0.25, 0.3) is 22.0 Å². The van der Waals surface area contributed by atoms with Crippen molar-refractivity contribution in [2.45, 2.75) is 25.9 Å². The van der Waals surface area contributed by atoms with Crippen molar-refractivity contribution in [3.05, 3.63) is 132 Å². The molecular formula is C32H28N2O3. The predicted octanol–water partition coefficient (Wildman–Crippen LogP) is 6.94. The maximum atomic E-state index is 13.0. The summed E-state index contributed by atoms with van der Waals surface area (Å²) in [6.07, 6.45) is 2.83. The molecule has 37 heavy (non-hydrogen) atoms. The number of aromatic carboxylic acids is 1. The molecule has 1 aromatic heterocycles. The number of fused-ring (bicyclic) bond motifs is 1. The van der Waals surface area contributed by atoms with Crippen LogP contribution >= 0.6 is 0 Å². The van der Waals surface area contributed by atoms with Crippen LogP contribution in [0.4, 0.5) is 0 Å². The molecule has 1 heterocycles. The molecule has 0 fully saturated rings. The van der Waals surface area contributed by atoms with Crippen LogP contribution in [0.5, 0.6) is 0 Å². The highest BCUT2D eigenvalue weighted by Gasteiger charge is 2.15. The minimum absolute atomic E-state index is 0.0369. The van der Waals surface area contributed by atoms with Crippen LogP contribution in [0.3, 0.4) is 0 Å². The van der Waals surface area contributed by atoms with Gasteiger partial charge in [-0.05, 0) is 65.1 Å². The summed E-state index contributed by atoms with van der Waals surface area (Å²) >= 11 is 0. The van der Waals surface area contributed by atoms with Crippen molar-refractivity contribution >= 4 is 22.8 Å². The number of carboxylic acids is 1. The van der Waals surface area contributed by atoms with Crippen molar-refractivity contribution in [2.75, 3.05) is 0 Å². The quantitative estimate of drug-likeness (QED) is 0.249. The Labute approximate surface area is 216 Å². The van der Waals surface area contributed by atoms with Crippen molar-refractivity contribution in [3.63, 3.8) is 0 Å². The SMILES string of the molecule is CC[C@H](NC(=O)c1ccc2c(ccn2Cc2ccccc2-c2cccc(C(=O)O)c2)c1)c1ccccc1. The van der Waals surface area contributed by atoms with Gasteiger partial charge in [0.15, 0.2) is 0 Å². The lowest BCUT2D eigenvalue weighted by molar-refractivity contribution is 0.0696. The summed E-state index contributed by atoms with van der Waals surface area (Å²) < 4.78 is 2.15. The van der Waals surface area contributed by atoms with Crippen LogP contribution in [0.2, 0.25) is 0 Å². The van der Waals surface area contributed by atoms with E-state index in [-0.39, 0.29) is 17.5 Å². The average molecular weight is 489 g/mol. The molecule has 1 amide bonds. The van der Waals surface area contributed by atoms with Gasteiger partial charge in [-0.1, -0.05) is 73.7 Å². The second-order valence-electron chi connectivity index (χ2n) is 9.11. The van der Waals surface area contributed by atoms with Crippen molar-refractivity contribution in [3.8, 4) is 11.1 Å². The van der Waals surface area contributed by atoms with Crippen LogP contribution < -0.4 is 5.32 Å². The number of hydrogen-bond donors (Lipinski definition) is 2. The molecule has 0 aliphatic carbocycles. The number of rotatable bonds is 8. The number of nitrogens with zero attached hydrogens (tertiary/aromatic N) is 1. The fourth-order valence-corrected chi connectivity index (χ4v) is 4.77. The fourth-order valence-electron chi connectivity index (χ4n) is 4.77. The Morgan fingerprint density at radius 1 is 0.838 bits per heavy atom. The molecule has 0 unspecified atom stereocenters. The number of hydrogen-bond acceptors (Lipinski definition) is 2. The molecule has 5 rings (SSSR count). The third-order valence-corrected chi connectivity index (χ3v) is 6.73. The van der Waals surface area contributed by atoms with Crippen molar-refractivity contribution in [2.24, 2.45) is 0 Å². The van der Waals surface area contributed by atoms with E-state index in [1.165, 1.54) is 0 Å². The summed E-state index contributed by atoms with van der Waals surface area (Å²) in [5.74, 6) is -1.03. The van der Waals surface area contributed by atoms with E-state index in [9.17, 15) is 14.7 Å². The Morgan fingerprint density at radius 2 is 1.62 bits per heavy atom. The molecule has 0 radical (unpaired) electrons. The van der Waals surface area contributed by atoms with Gasteiger partial charge in [-0.3, -0.25) is 4.79 Å². The lowest BCUT2D eigenvalue weighted by Crippen LogP contribution is -2.28. The molecule has 2 N–H and O–H groups in total. The molecule has 0 saturated carbocycles. The minimum atomic E-state index is -0.940. The van der Waals surface area contributed by atoms with Gasteiger partial charge < -0.3 is 15.0 Å². The van der Waals surface area contributed by atoms with Crippen molar-refractivity contribution < 1.29 is 14.7 Å². The number of nitrogens with one attached hydrogen (secondary N) is 1. The molecule has 0 aliphatic heterocycles. The molecule has 0 spiro atoms. The molecule has 184 valence electrons. The zero-order valence-electron chi connectivity index (χ0n) is 20.6. The van der Waals surface area contributed by atoms with Gasteiger partial charge in [0.2, 0.25) is 0 Å². The first-order chi connectivity index (χ1) is 18.0. The standard InChI is InChI=1S/C32H28N2O3/c1-2-29(22-9-4-3-5-10-22)33-31(35)25-15-16-30-24(20-25)17-18-34(30)21-27-11-6-7-14-28(27)23-12-8-13-26(19-23)32(36)37/h3-20,29H,2,21H2,1H3,(H,33,35)(H,36,37)/t29-/m0/s1. The largest absolute Gasteiger partial charge is 0.478 e. The first kappa shape index (κ1) is 24.1. The minimum Gasteiger partial charge on any atom is -0.478 e. The zero-order valence-corrected chi connectivity index (χ0v) is 20.6. The highest BCUT2D eigenvalue weighted by atomic mass is 16.4. The van der Waals surface area contributed by atoms with E-state index in [2.05, 4.69) is 22.9 Å². The Hall–Kier alpha value is -4.64.